The second-order valence-electron chi connectivity index (χ2n) is 5.36. The van der Waals surface area contributed by atoms with Crippen molar-refractivity contribution in [2.24, 2.45) is 0 Å². The predicted molar refractivity (Wildman–Crippen MR) is 94.0 cm³/mol. The van der Waals surface area contributed by atoms with Crippen molar-refractivity contribution < 1.29 is 28.7 Å². The zero-order valence-electron chi connectivity index (χ0n) is 14.1. The average Bonchev–Trinajstić information content (AvgIpc) is 3.06. The van der Waals surface area contributed by atoms with Crippen LogP contribution in [0.4, 0.5) is 10.5 Å². The maximum atomic E-state index is 11.9. The van der Waals surface area contributed by atoms with Crippen LogP contribution in [0.3, 0.4) is 0 Å². The molecular weight excluding hydrogens is 356 g/mol. The van der Waals surface area contributed by atoms with Gasteiger partial charge in [0, 0.05) is 23.0 Å². The number of carbonyl (C=O) groups excluding carboxylic acids is 2. The third-order valence-electron chi connectivity index (χ3n) is 3.54. The number of nitro groups is 1. The molecule has 1 heterocycles. The number of nitro benzene ring substituents is 1. The third kappa shape index (κ3) is 4.21. The number of aromatic amines is 1. The molecule has 0 saturated heterocycles. The van der Waals surface area contributed by atoms with Gasteiger partial charge in [0.25, 0.3) is 5.69 Å². The molecule has 0 amide bonds. The molecule has 0 atom stereocenters. The summed E-state index contributed by atoms with van der Waals surface area (Å²) in [7, 11) is 0. The molecule has 3 aromatic rings. The van der Waals surface area contributed by atoms with Crippen LogP contribution in [0.15, 0.2) is 48.5 Å². The molecule has 1 N–H and O–H groups in total. The fourth-order valence-corrected chi connectivity index (χ4v) is 2.34. The number of aromatic nitrogens is 1. The lowest BCUT2D eigenvalue weighted by molar-refractivity contribution is -0.384. The first-order chi connectivity index (χ1) is 13.0. The molecule has 0 fully saturated rings. The molecule has 0 aliphatic rings. The summed E-state index contributed by atoms with van der Waals surface area (Å²) in [5, 5.41) is 11.3. The van der Waals surface area contributed by atoms with E-state index in [0.717, 1.165) is 0 Å². The number of benzene rings is 2. The minimum Gasteiger partial charge on any atom is -0.461 e. The molecule has 27 heavy (non-hydrogen) atoms. The molecule has 2 aromatic carbocycles. The van der Waals surface area contributed by atoms with E-state index in [1.807, 2.05) is 0 Å². The first-order valence-electron chi connectivity index (χ1n) is 7.90. The molecule has 0 aliphatic heterocycles. The Morgan fingerprint density at radius 3 is 2.37 bits per heavy atom. The number of non-ortho nitro benzene ring substituents is 1. The van der Waals surface area contributed by atoms with E-state index in [2.05, 4.69) is 4.98 Å². The third-order valence-corrected chi connectivity index (χ3v) is 3.54. The van der Waals surface area contributed by atoms with Gasteiger partial charge in [-0.15, -0.1) is 0 Å². The highest BCUT2D eigenvalue weighted by atomic mass is 16.7. The molecular formula is C18H14N2O7. The van der Waals surface area contributed by atoms with Crippen LogP contribution >= 0.6 is 0 Å². The number of ether oxygens (including phenoxy) is 3. The van der Waals surface area contributed by atoms with Crippen molar-refractivity contribution in [3.05, 3.63) is 64.3 Å². The Labute approximate surface area is 152 Å². The van der Waals surface area contributed by atoms with E-state index >= 15 is 0 Å². The van der Waals surface area contributed by atoms with Crippen LogP contribution in [0.25, 0.3) is 10.9 Å². The number of H-pyrrole nitrogens is 1. The number of fused-ring (bicyclic) bond motifs is 1. The van der Waals surface area contributed by atoms with Crippen LogP contribution in [0, 0.1) is 10.1 Å². The molecule has 1 aromatic heterocycles. The Balaban J connectivity index is 1.69. The molecule has 0 saturated carbocycles. The van der Waals surface area contributed by atoms with Gasteiger partial charge < -0.3 is 19.2 Å². The van der Waals surface area contributed by atoms with Crippen LogP contribution in [-0.4, -0.2) is 28.6 Å². The Kier molecular flexibility index (Phi) is 5.02. The summed E-state index contributed by atoms with van der Waals surface area (Å²) in [4.78, 5) is 36.6. The molecule has 3 rings (SSSR count). The van der Waals surface area contributed by atoms with E-state index in [1.165, 1.54) is 30.3 Å². The van der Waals surface area contributed by atoms with Gasteiger partial charge in [0.2, 0.25) is 0 Å². The number of hydrogen-bond donors (Lipinski definition) is 1. The summed E-state index contributed by atoms with van der Waals surface area (Å²) in [5.41, 5.74) is 0.845. The van der Waals surface area contributed by atoms with Gasteiger partial charge in [0.05, 0.1) is 11.5 Å². The lowest BCUT2D eigenvalue weighted by Gasteiger charge is -2.05. The summed E-state index contributed by atoms with van der Waals surface area (Å²) in [6.45, 7) is 1.97. The van der Waals surface area contributed by atoms with Crippen molar-refractivity contribution in [3.63, 3.8) is 0 Å². The van der Waals surface area contributed by atoms with Gasteiger partial charge in [-0.1, -0.05) is 0 Å². The lowest BCUT2D eigenvalue weighted by Crippen LogP contribution is -2.13. The second-order valence-corrected chi connectivity index (χ2v) is 5.36. The monoisotopic (exact) mass is 370 g/mol. The summed E-state index contributed by atoms with van der Waals surface area (Å²) in [6.07, 6.45) is -0.996. The standard InChI is InChI=1S/C18H14N2O7/c1-2-25-17(21)16-10-11-9-14(7-8-15(11)19-16)27-18(22)26-13-5-3-12(4-6-13)20(23)24/h3-10,19H,2H2,1H3. The van der Waals surface area contributed by atoms with Crippen LogP contribution in [-0.2, 0) is 4.74 Å². The summed E-state index contributed by atoms with van der Waals surface area (Å²) in [5.74, 6) is -0.157. The Bertz CT molecular complexity index is 1010. The van der Waals surface area contributed by atoms with Gasteiger partial charge in [-0.3, -0.25) is 10.1 Å². The molecule has 138 valence electrons. The maximum Gasteiger partial charge on any atom is 0.519 e. The van der Waals surface area contributed by atoms with Crippen LogP contribution < -0.4 is 9.47 Å². The minimum atomic E-state index is -0.996. The maximum absolute atomic E-state index is 11.9. The van der Waals surface area contributed by atoms with Crippen LogP contribution in [0.2, 0.25) is 0 Å². The summed E-state index contributed by atoms with van der Waals surface area (Å²) < 4.78 is 15.0. The van der Waals surface area contributed by atoms with Gasteiger partial charge in [-0.05, 0) is 43.3 Å². The lowest BCUT2D eigenvalue weighted by atomic mass is 10.2. The van der Waals surface area contributed by atoms with E-state index in [9.17, 15) is 19.7 Å². The smallest absolute Gasteiger partial charge is 0.461 e. The highest BCUT2D eigenvalue weighted by Crippen LogP contribution is 2.23. The molecule has 9 heteroatoms. The number of esters is 1. The zero-order valence-corrected chi connectivity index (χ0v) is 14.1. The fraction of sp³-hybridized carbons (Fsp3) is 0.111. The van der Waals surface area contributed by atoms with E-state index in [4.69, 9.17) is 14.2 Å². The predicted octanol–water partition coefficient (Wildman–Crippen LogP) is 3.83. The Morgan fingerprint density at radius 2 is 1.70 bits per heavy atom. The molecule has 0 aliphatic carbocycles. The normalized spacial score (nSPS) is 10.4. The number of rotatable bonds is 5. The number of carbonyl (C=O) groups is 2. The highest BCUT2D eigenvalue weighted by Gasteiger charge is 2.13. The molecule has 0 bridgehead atoms. The van der Waals surface area contributed by atoms with Gasteiger partial charge in [0.15, 0.2) is 0 Å². The summed E-state index contributed by atoms with van der Waals surface area (Å²) >= 11 is 0. The molecule has 0 spiro atoms. The molecule has 0 unspecified atom stereocenters. The largest absolute Gasteiger partial charge is 0.519 e. The van der Waals surface area contributed by atoms with E-state index in [1.54, 1.807) is 25.1 Å². The topological polar surface area (TPSA) is 121 Å². The van der Waals surface area contributed by atoms with Crippen molar-refractivity contribution in [2.45, 2.75) is 6.92 Å². The first-order valence-corrected chi connectivity index (χ1v) is 7.90. The number of nitrogens with one attached hydrogen (secondary N) is 1. The second kappa shape index (κ2) is 7.56. The SMILES string of the molecule is CCOC(=O)c1cc2cc(OC(=O)Oc3ccc([N+](=O)[O-])cc3)ccc2[nH]1. The fourth-order valence-electron chi connectivity index (χ4n) is 2.34. The highest BCUT2D eigenvalue weighted by molar-refractivity contribution is 5.95. The minimum absolute atomic E-state index is 0.109. The number of nitrogens with zero attached hydrogens (tertiary/aromatic N) is 1. The van der Waals surface area contributed by atoms with Gasteiger partial charge in [-0.2, -0.15) is 0 Å². The Hall–Kier alpha value is -3.88. The van der Waals surface area contributed by atoms with Crippen molar-refractivity contribution in [2.75, 3.05) is 6.61 Å². The Morgan fingerprint density at radius 1 is 1.04 bits per heavy atom. The van der Waals surface area contributed by atoms with Gasteiger partial charge >= 0.3 is 12.1 Å². The zero-order chi connectivity index (χ0) is 19.4. The van der Waals surface area contributed by atoms with Gasteiger partial charge in [0.1, 0.15) is 17.2 Å². The molecule has 0 radical (unpaired) electrons. The number of hydrogen-bond acceptors (Lipinski definition) is 7. The first kappa shape index (κ1) is 17.9. The van der Waals surface area contributed by atoms with E-state index in [0.29, 0.717) is 10.9 Å². The van der Waals surface area contributed by atoms with Gasteiger partial charge in [-0.25, -0.2) is 9.59 Å². The average molecular weight is 370 g/mol. The molecule has 9 nitrogen and oxygen atoms in total. The van der Waals surface area contributed by atoms with Crippen LogP contribution in [0.1, 0.15) is 17.4 Å². The van der Waals surface area contributed by atoms with E-state index < -0.39 is 17.0 Å². The quantitative estimate of drug-likeness (QED) is 0.313. The van der Waals surface area contributed by atoms with Crippen LogP contribution in [0.5, 0.6) is 11.5 Å². The van der Waals surface area contributed by atoms with E-state index in [-0.39, 0.29) is 29.5 Å². The summed E-state index contributed by atoms with van der Waals surface area (Å²) in [6, 6.07) is 11.3. The van der Waals surface area contributed by atoms with Crippen molar-refractivity contribution in [1.82, 2.24) is 4.98 Å². The van der Waals surface area contributed by atoms with Crippen molar-refractivity contribution in [1.29, 1.82) is 0 Å². The van der Waals surface area contributed by atoms with Crippen molar-refractivity contribution in [3.8, 4) is 11.5 Å². The van der Waals surface area contributed by atoms with Crippen molar-refractivity contribution >= 4 is 28.7 Å².